The average molecular weight is 222 g/mol. The summed E-state index contributed by atoms with van der Waals surface area (Å²) in [5.41, 5.74) is 6.86. The highest BCUT2D eigenvalue weighted by Gasteiger charge is 2.17. The van der Waals surface area contributed by atoms with Crippen LogP contribution in [0.25, 0.3) is 0 Å². The van der Waals surface area contributed by atoms with E-state index in [1.165, 1.54) is 6.07 Å². The molecule has 1 fully saturated rings. The van der Waals surface area contributed by atoms with Crippen LogP contribution in [-0.2, 0) is 6.54 Å². The molecular weight excluding hydrogens is 203 g/mol. The van der Waals surface area contributed by atoms with Crippen molar-refractivity contribution in [3.8, 4) is 0 Å². The molecule has 1 aliphatic rings. The Hall–Kier alpha value is -0.930. The molecule has 0 saturated heterocycles. The predicted octanol–water partition coefficient (Wildman–Crippen LogP) is 2.19. The number of hydrogen-bond donors (Lipinski definition) is 2. The largest absolute Gasteiger partial charge is 0.328 e. The first kappa shape index (κ1) is 11.6. The first-order chi connectivity index (χ1) is 7.74. The predicted molar refractivity (Wildman–Crippen MR) is 63.5 cm³/mol. The molecule has 3 N–H and O–H groups in total. The lowest BCUT2D eigenvalue weighted by Gasteiger charge is -2.26. The molecule has 0 unspecified atom stereocenters. The number of hydrogen-bond acceptors (Lipinski definition) is 2. The van der Waals surface area contributed by atoms with Crippen molar-refractivity contribution in [1.82, 2.24) is 5.32 Å². The second-order valence-corrected chi connectivity index (χ2v) is 4.62. The number of halogens is 1. The van der Waals surface area contributed by atoms with Crippen LogP contribution in [0.5, 0.6) is 0 Å². The smallest absolute Gasteiger partial charge is 0.123 e. The lowest BCUT2D eigenvalue weighted by atomic mass is 9.92. The Morgan fingerprint density at radius 2 is 2.00 bits per heavy atom. The molecule has 2 rings (SSSR count). The summed E-state index contributed by atoms with van der Waals surface area (Å²) < 4.78 is 12.9. The van der Waals surface area contributed by atoms with Crippen molar-refractivity contribution in [2.24, 2.45) is 5.73 Å². The molecule has 0 spiro atoms. The van der Waals surface area contributed by atoms with E-state index in [1.54, 1.807) is 12.1 Å². The van der Waals surface area contributed by atoms with Crippen LogP contribution >= 0.6 is 0 Å². The molecule has 1 aliphatic carbocycles. The summed E-state index contributed by atoms with van der Waals surface area (Å²) in [5.74, 6) is -0.162. The van der Waals surface area contributed by atoms with Crippen LogP contribution in [0.2, 0.25) is 0 Å². The molecule has 0 atom stereocenters. The Morgan fingerprint density at radius 1 is 1.25 bits per heavy atom. The topological polar surface area (TPSA) is 38.0 Å². The molecule has 0 amide bonds. The van der Waals surface area contributed by atoms with Gasteiger partial charge in [-0.05, 0) is 43.4 Å². The summed E-state index contributed by atoms with van der Waals surface area (Å²) >= 11 is 0. The van der Waals surface area contributed by atoms with Gasteiger partial charge < -0.3 is 11.1 Å². The lowest BCUT2D eigenvalue weighted by molar-refractivity contribution is 0.341. The van der Waals surface area contributed by atoms with Gasteiger partial charge in [0, 0.05) is 18.6 Å². The molecule has 0 radical (unpaired) electrons. The minimum Gasteiger partial charge on any atom is -0.328 e. The third kappa shape index (κ3) is 3.29. The Bertz CT molecular complexity index is 332. The van der Waals surface area contributed by atoms with E-state index in [-0.39, 0.29) is 5.82 Å². The third-order valence-corrected chi connectivity index (χ3v) is 3.26. The lowest BCUT2D eigenvalue weighted by Crippen LogP contribution is -2.37. The van der Waals surface area contributed by atoms with E-state index < -0.39 is 0 Å². The SMILES string of the molecule is NC1CCC(NCc2cccc(F)c2)CC1. The van der Waals surface area contributed by atoms with Crippen LogP contribution in [0.1, 0.15) is 31.2 Å². The van der Waals surface area contributed by atoms with Gasteiger partial charge in [-0.25, -0.2) is 4.39 Å². The highest BCUT2D eigenvalue weighted by atomic mass is 19.1. The van der Waals surface area contributed by atoms with Gasteiger partial charge in [-0.1, -0.05) is 12.1 Å². The van der Waals surface area contributed by atoms with Crippen molar-refractivity contribution in [2.75, 3.05) is 0 Å². The Balaban J connectivity index is 1.79. The fourth-order valence-corrected chi connectivity index (χ4v) is 2.23. The standard InChI is InChI=1S/C13H19FN2/c14-11-3-1-2-10(8-11)9-16-13-6-4-12(15)5-7-13/h1-3,8,12-13,16H,4-7,9,15H2. The van der Waals surface area contributed by atoms with E-state index in [2.05, 4.69) is 5.32 Å². The molecule has 1 aromatic rings. The van der Waals surface area contributed by atoms with E-state index in [1.807, 2.05) is 6.07 Å². The summed E-state index contributed by atoms with van der Waals surface area (Å²) in [5, 5.41) is 3.46. The zero-order valence-electron chi connectivity index (χ0n) is 9.45. The van der Waals surface area contributed by atoms with E-state index in [9.17, 15) is 4.39 Å². The monoisotopic (exact) mass is 222 g/mol. The maximum absolute atomic E-state index is 12.9. The highest BCUT2D eigenvalue weighted by molar-refractivity contribution is 5.16. The van der Waals surface area contributed by atoms with Crippen LogP contribution in [0.15, 0.2) is 24.3 Å². The zero-order chi connectivity index (χ0) is 11.4. The maximum atomic E-state index is 12.9. The van der Waals surface area contributed by atoms with E-state index >= 15 is 0 Å². The minimum absolute atomic E-state index is 0.162. The zero-order valence-corrected chi connectivity index (χ0v) is 9.45. The number of rotatable bonds is 3. The van der Waals surface area contributed by atoms with Crippen LogP contribution in [0.4, 0.5) is 4.39 Å². The summed E-state index contributed by atoms with van der Waals surface area (Å²) in [6.07, 6.45) is 4.47. The average Bonchev–Trinajstić information content (AvgIpc) is 2.28. The van der Waals surface area contributed by atoms with E-state index in [0.29, 0.717) is 12.1 Å². The van der Waals surface area contributed by atoms with Gasteiger partial charge in [0.1, 0.15) is 5.82 Å². The second kappa shape index (κ2) is 5.41. The van der Waals surface area contributed by atoms with Crippen molar-refractivity contribution in [3.63, 3.8) is 0 Å². The fourth-order valence-electron chi connectivity index (χ4n) is 2.23. The van der Waals surface area contributed by atoms with Gasteiger partial charge in [-0.3, -0.25) is 0 Å². The molecular formula is C13H19FN2. The van der Waals surface area contributed by atoms with Crippen molar-refractivity contribution in [3.05, 3.63) is 35.6 Å². The third-order valence-electron chi connectivity index (χ3n) is 3.26. The molecule has 2 nitrogen and oxygen atoms in total. The molecule has 0 aromatic heterocycles. The molecule has 16 heavy (non-hydrogen) atoms. The second-order valence-electron chi connectivity index (χ2n) is 4.62. The molecule has 0 heterocycles. The van der Waals surface area contributed by atoms with Crippen LogP contribution in [0, 0.1) is 5.82 Å². The van der Waals surface area contributed by atoms with Gasteiger partial charge in [0.25, 0.3) is 0 Å². The number of benzene rings is 1. The molecule has 0 aliphatic heterocycles. The number of nitrogens with one attached hydrogen (secondary N) is 1. The molecule has 0 bridgehead atoms. The van der Waals surface area contributed by atoms with Crippen molar-refractivity contribution in [2.45, 2.75) is 44.3 Å². The normalized spacial score (nSPS) is 25.6. The van der Waals surface area contributed by atoms with Gasteiger partial charge in [0.2, 0.25) is 0 Å². The van der Waals surface area contributed by atoms with E-state index in [4.69, 9.17) is 5.73 Å². The van der Waals surface area contributed by atoms with Crippen molar-refractivity contribution >= 4 is 0 Å². The molecule has 1 aromatic carbocycles. The van der Waals surface area contributed by atoms with Gasteiger partial charge in [0.05, 0.1) is 0 Å². The van der Waals surface area contributed by atoms with Crippen LogP contribution in [0.3, 0.4) is 0 Å². The van der Waals surface area contributed by atoms with Crippen LogP contribution in [-0.4, -0.2) is 12.1 Å². The van der Waals surface area contributed by atoms with Gasteiger partial charge in [-0.2, -0.15) is 0 Å². The van der Waals surface area contributed by atoms with Gasteiger partial charge >= 0.3 is 0 Å². The molecule has 1 saturated carbocycles. The Morgan fingerprint density at radius 3 is 2.69 bits per heavy atom. The molecule has 88 valence electrons. The summed E-state index contributed by atoms with van der Waals surface area (Å²) in [7, 11) is 0. The highest BCUT2D eigenvalue weighted by Crippen LogP contribution is 2.17. The van der Waals surface area contributed by atoms with Crippen LogP contribution < -0.4 is 11.1 Å². The Labute approximate surface area is 96.0 Å². The number of nitrogens with two attached hydrogens (primary N) is 1. The van der Waals surface area contributed by atoms with Crippen molar-refractivity contribution < 1.29 is 4.39 Å². The maximum Gasteiger partial charge on any atom is 0.123 e. The Kier molecular flexibility index (Phi) is 3.91. The molecule has 3 heteroatoms. The summed E-state index contributed by atoms with van der Waals surface area (Å²) in [4.78, 5) is 0. The van der Waals surface area contributed by atoms with Crippen molar-refractivity contribution in [1.29, 1.82) is 0 Å². The first-order valence-electron chi connectivity index (χ1n) is 5.97. The summed E-state index contributed by atoms with van der Waals surface area (Å²) in [6, 6.07) is 7.69. The first-order valence-corrected chi connectivity index (χ1v) is 5.97. The fraction of sp³-hybridized carbons (Fsp3) is 0.538. The quantitative estimate of drug-likeness (QED) is 0.822. The van der Waals surface area contributed by atoms with Gasteiger partial charge in [-0.15, -0.1) is 0 Å². The van der Waals surface area contributed by atoms with Gasteiger partial charge in [0.15, 0.2) is 0 Å². The summed E-state index contributed by atoms with van der Waals surface area (Å²) in [6.45, 7) is 0.748. The van der Waals surface area contributed by atoms with E-state index in [0.717, 1.165) is 37.8 Å². The minimum atomic E-state index is -0.162.